The third kappa shape index (κ3) is 5.02. The number of hydrogen-bond donors (Lipinski definition) is 1. The van der Waals surface area contributed by atoms with Gasteiger partial charge in [0.05, 0.1) is 6.54 Å². The fraction of sp³-hybridized carbons (Fsp3) is 0.750. The SMILES string of the molecule is CC(C)(C)OC([O-])=NCC(=S)N1CCCC1C(=O)O. The molecule has 1 fully saturated rings. The van der Waals surface area contributed by atoms with Crippen LogP contribution < -0.4 is 5.11 Å². The van der Waals surface area contributed by atoms with Crippen LogP contribution in [0, 0.1) is 0 Å². The molecule has 0 bridgehead atoms. The number of likely N-dealkylation sites (tertiary alicyclic amines) is 1. The van der Waals surface area contributed by atoms with Crippen molar-refractivity contribution in [2.45, 2.75) is 45.3 Å². The maximum absolute atomic E-state index is 11.4. The second-order valence-electron chi connectivity index (χ2n) is 5.38. The van der Waals surface area contributed by atoms with Gasteiger partial charge in [0.1, 0.15) is 17.1 Å². The summed E-state index contributed by atoms with van der Waals surface area (Å²) in [5.74, 6) is -0.892. The molecule has 1 rings (SSSR count). The number of nitrogens with zero attached hydrogens (tertiary/aromatic N) is 2. The predicted molar refractivity (Wildman–Crippen MR) is 73.1 cm³/mol. The zero-order valence-electron chi connectivity index (χ0n) is 11.4. The third-order valence-corrected chi connectivity index (χ3v) is 2.96. The highest BCUT2D eigenvalue weighted by Crippen LogP contribution is 2.18. The topological polar surface area (TPSA) is 85.2 Å². The first-order chi connectivity index (χ1) is 8.70. The molecule has 0 amide bonds. The van der Waals surface area contributed by atoms with Gasteiger partial charge in [-0.1, -0.05) is 33.0 Å². The van der Waals surface area contributed by atoms with Crippen LogP contribution in [-0.4, -0.2) is 51.8 Å². The Morgan fingerprint density at radius 3 is 2.74 bits per heavy atom. The van der Waals surface area contributed by atoms with Gasteiger partial charge in [-0.15, -0.1) is 0 Å². The number of rotatable bonds is 3. The number of hydrogen-bond acceptors (Lipinski definition) is 5. The second kappa shape index (κ2) is 6.18. The molecule has 19 heavy (non-hydrogen) atoms. The lowest BCUT2D eigenvalue weighted by molar-refractivity contribution is -0.260. The van der Waals surface area contributed by atoms with Crippen molar-refractivity contribution in [3.8, 4) is 0 Å². The summed E-state index contributed by atoms with van der Waals surface area (Å²) in [6, 6.07) is -0.596. The Balaban J connectivity index is 2.55. The van der Waals surface area contributed by atoms with Crippen LogP contribution in [0.5, 0.6) is 0 Å². The molecule has 1 aliphatic rings. The molecule has 0 aromatic carbocycles. The predicted octanol–water partition coefficient (Wildman–Crippen LogP) is 0.394. The number of aliphatic carboxylic acids is 1. The average Bonchev–Trinajstić information content (AvgIpc) is 2.72. The molecule has 6 nitrogen and oxygen atoms in total. The molecule has 1 unspecified atom stereocenters. The van der Waals surface area contributed by atoms with Gasteiger partial charge >= 0.3 is 5.97 Å². The summed E-state index contributed by atoms with van der Waals surface area (Å²) in [6.45, 7) is 5.84. The zero-order chi connectivity index (χ0) is 14.6. The summed E-state index contributed by atoms with van der Waals surface area (Å²) in [7, 11) is 0. The molecule has 108 valence electrons. The molecule has 7 heteroatoms. The van der Waals surface area contributed by atoms with Gasteiger partial charge in [0.2, 0.25) is 0 Å². The van der Waals surface area contributed by atoms with E-state index in [0.717, 1.165) is 6.42 Å². The Hall–Kier alpha value is -1.37. The first-order valence-corrected chi connectivity index (χ1v) is 6.54. The highest BCUT2D eigenvalue weighted by molar-refractivity contribution is 7.80. The molecule has 0 radical (unpaired) electrons. The minimum Gasteiger partial charge on any atom is -0.595 e. The van der Waals surface area contributed by atoms with Crippen LogP contribution in [0.25, 0.3) is 0 Å². The molecule has 0 aliphatic carbocycles. The standard InChI is InChI=1S/C12H20N2O4S/c1-12(2,3)18-11(17)13-7-9(19)14-6-4-5-8(14)10(15)16/h8H,4-7H2,1-3H3,(H,13,17)(H,15,16)/p-1. The second-order valence-corrected chi connectivity index (χ2v) is 5.85. The average molecular weight is 287 g/mol. The van der Waals surface area contributed by atoms with Crippen LogP contribution in [0.3, 0.4) is 0 Å². The van der Waals surface area contributed by atoms with E-state index >= 15 is 0 Å². The number of carboxylic acids is 1. The van der Waals surface area contributed by atoms with Crippen molar-refractivity contribution in [2.75, 3.05) is 13.1 Å². The van der Waals surface area contributed by atoms with Gasteiger partial charge in [0.15, 0.2) is 0 Å². The maximum atomic E-state index is 11.4. The van der Waals surface area contributed by atoms with Crippen LogP contribution in [0.4, 0.5) is 0 Å². The van der Waals surface area contributed by atoms with Crippen molar-refractivity contribution in [1.82, 2.24) is 4.90 Å². The zero-order valence-corrected chi connectivity index (χ0v) is 12.2. The molecule has 0 spiro atoms. The molecule has 0 saturated carbocycles. The van der Waals surface area contributed by atoms with E-state index in [0.29, 0.717) is 18.0 Å². The Morgan fingerprint density at radius 1 is 1.58 bits per heavy atom. The van der Waals surface area contributed by atoms with E-state index in [4.69, 9.17) is 22.1 Å². The third-order valence-electron chi connectivity index (χ3n) is 2.60. The molecule has 1 saturated heterocycles. The number of carboxylic acid groups (broad SMARTS) is 1. The van der Waals surface area contributed by atoms with Crippen molar-refractivity contribution in [3.05, 3.63) is 0 Å². The van der Waals surface area contributed by atoms with Crippen LogP contribution in [0.15, 0.2) is 4.99 Å². The van der Waals surface area contributed by atoms with Gasteiger partial charge in [-0.05, 0) is 12.8 Å². The Kier molecular flexibility index (Phi) is 5.11. The molecule has 1 heterocycles. The number of aliphatic imine (C=N–C) groups is 1. The van der Waals surface area contributed by atoms with Crippen molar-refractivity contribution in [2.24, 2.45) is 4.99 Å². The van der Waals surface area contributed by atoms with Gasteiger partial charge in [0, 0.05) is 12.1 Å². The van der Waals surface area contributed by atoms with Crippen LogP contribution in [-0.2, 0) is 9.53 Å². The van der Waals surface area contributed by atoms with Gasteiger partial charge in [-0.25, -0.2) is 4.79 Å². The van der Waals surface area contributed by atoms with E-state index < -0.39 is 23.7 Å². The lowest BCUT2D eigenvalue weighted by Gasteiger charge is -2.30. The first kappa shape index (κ1) is 15.7. The van der Waals surface area contributed by atoms with E-state index in [9.17, 15) is 9.90 Å². The molecule has 0 aromatic rings. The molecule has 1 atom stereocenters. The largest absolute Gasteiger partial charge is 0.595 e. The first-order valence-electron chi connectivity index (χ1n) is 6.13. The van der Waals surface area contributed by atoms with Gasteiger partial charge < -0.3 is 19.8 Å². The van der Waals surface area contributed by atoms with E-state index in [1.165, 1.54) is 0 Å². The van der Waals surface area contributed by atoms with Crippen molar-refractivity contribution in [1.29, 1.82) is 0 Å². The minimum atomic E-state index is -0.892. The number of carbonyl (C=O) groups is 1. The Labute approximate surface area is 118 Å². The lowest BCUT2D eigenvalue weighted by atomic mass is 10.2. The summed E-state index contributed by atoms with van der Waals surface area (Å²) in [4.78, 5) is 16.7. The summed E-state index contributed by atoms with van der Waals surface area (Å²) in [6.07, 6.45) is 0.673. The van der Waals surface area contributed by atoms with E-state index in [1.54, 1.807) is 25.7 Å². The number of thiocarbonyl (C=S) groups is 1. The van der Waals surface area contributed by atoms with Crippen LogP contribution in [0.2, 0.25) is 0 Å². The lowest BCUT2D eigenvalue weighted by Crippen LogP contribution is -2.41. The quantitative estimate of drug-likeness (QED) is 0.459. The summed E-state index contributed by atoms with van der Waals surface area (Å²) in [5.41, 5.74) is -0.598. The fourth-order valence-electron chi connectivity index (χ4n) is 1.84. The van der Waals surface area contributed by atoms with Crippen molar-refractivity contribution in [3.63, 3.8) is 0 Å². The minimum absolute atomic E-state index is 0.00593. The fourth-order valence-corrected chi connectivity index (χ4v) is 2.12. The highest BCUT2D eigenvalue weighted by Gasteiger charge is 2.31. The Bertz CT molecular complexity index is 390. The molecular formula is C12H19N2O4S-. The molecule has 1 aliphatic heterocycles. The van der Waals surface area contributed by atoms with E-state index in [-0.39, 0.29) is 6.54 Å². The normalized spacial score (nSPS) is 20.5. The molecule has 0 aromatic heterocycles. The molecule has 1 N–H and O–H groups in total. The highest BCUT2D eigenvalue weighted by atomic mass is 32.1. The van der Waals surface area contributed by atoms with Gasteiger partial charge in [-0.3, -0.25) is 4.99 Å². The van der Waals surface area contributed by atoms with Crippen LogP contribution >= 0.6 is 12.2 Å². The van der Waals surface area contributed by atoms with Crippen LogP contribution in [0.1, 0.15) is 33.6 Å². The summed E-state index contributed by atoms with van der Waals surface area (Å²) < 4.78 is 5.02. The van der Waals surface area contributed by atoms with Crippen molar-refractivity contribution >= 4 is 29.3 Å². The maximum Gasteiger partial charge on any atom is 0.326 e. The van der Waals surface area contributed by atoms with Gasteiger partial charge in [-0.2, -0.15) is 0 Å². The Morgan fingerprint density at radius 2 is 2.21 bits per heavy atom. The number of ether oxygens (including phenoxy) is 1. The smallest absolute Gasteiger partial charge is 0.326 e. The van der Waals surface area contributed by atoms with E-state index in [2.05, 4.69) is 4.99 Å². The molecular weight excluding hydrogens is 268 g/mol. The summed E-state index contributed by atoms with van der Waals surface area (Å²) in [5, 5.41) is 20.4. The monoisotopic (exact) mass is 287 g/mol. The van der Waals surface area contributed by atoms with E-state index in [1.807, 2.05) is 0 Å². The van der Waals surface area contributed by atoms with Crippen molar-refractivity contribution < 1.29 is 19.7 Å². The summed E-state index contributed by atoms with van der Waals surface area (Å²) >= 11 is 5.13. The van der Waals surface area contributed by atoms with Gasteiger partial charge in [0.25, 0.3) is 0 Å².